The fourth-order valence-corrected chi connectivity index (χ4v) is 2.17. The van der Waals surface area contributed by atoms with Gasteiger partial charge in [-0.05, 0) is 25.2 Å². The van der Waals surface area contributed by atoms with Gasteiger partial charge < -0.3 is 10.2 Å². The van der Waals surface area contributed by atoms with E-state index in [1.54, 1.807) is 4.68 Å². The lowest BCUT2D eigenvalue weighted by atomic mass is 10.1. The van der Waals surface area contributed by atoms with Crippen molar-refractivity contribution < 1.29 is 10.2 Å². The van der Waals surface area contributed by atoms with E-state index in [0.29, 0.717) is 17.3 Å². The summed E-state index contributed by atoms with van der Waals surface area (Å²) in [5.41, 5.74) is 0.544. The van der Waals surface area contributed by atoms with Crippen molar-refractivity contribution in [3.8, 4) is 0 Å². The van der Waals surface area contributed by atoms with Gasteiger partial charge in [-0.2, -0.15) is 5.10 Å². The maximum atomic E-state index is 10.1. The molecule has 1 aromatic rings. The largest absolute Gasteiger partial charge is 0.390 e. The molecule has 1 heterocycles. The van der Waals surface area contributed by atoms with E-state index in [4.69, 9.17) is 11.6 Å². The summed E-state index contributed by atoms with van der Waals surface area (Å²) < 4.78 is 1.68. The predicted molar refractivity (Wildman–Crippen MR) is 61.2 cm³/mol. The fraction of sp³-hybridized carbons (Fsp3) is 0.727. The van der Waals surface area contributed by atoms with E-state index in [2.05, 4.69) is 5.10 Å². The van der Waals surface area contributed by atoms with Crippen LogP contribution in [0, 0.1) is 5.92 Å². The molecule has 0 saturated heterocycles. The summed E-state index contributed by atoms with van der Waals surface area (Å²) in [5.74, 6) is 0.219. The molecule has 0 radical (unpaired) electrons. The molecular weight excluding hydrogens is 228 g/mol. The maximum absolute atomic E-state index is 10.1. The van der Waals surface area contributed by atoms with Crippen molar-refractivity contribution in [3.05, 3.63) is 16.9 Å². The molecule has 1 aromatic heterocycles. The summed E-state index contributed by atoms with van der Waals surface area (Å²) in [5, 5.41) is 24.5. The molecule has 2 N–H and O–H groups in total. The van der Waals surface area contributed by atoms with Crippen LogP contribution < -0.4 is 0 Å². The van der Waals surface area contributed by atoms with Gasteiger partial charge in [0.15, 0.2) is 0 Å². The number of aromatic nitrogens is 2. The number of nitrogens with zero attached hydrogens (tertiary/aromatic N) is 2. The number of aliphatic hydroxyl groups excluding tert-OH is 2. The smallest absolute Gasteiger partial charge is 0.123 e. The van der Waals surface area contributed by atoms with Gasteiger partial charge in [0.1, 0.15) is 6.10 Å². The van der Waals surface area contributed by atoms with Crippen LogP contribution in [0.1, 0.15) is 38.0 Å². The van der Waals surface area contributed by atoms with Gasteiger partial charge in [-0.1, -0.05) is 18.5 Å². The zero-order valence-corrected chi connectivity index (χ0v) is 10.1. The van der Waals surface area contributed by atoms with Gasteiger partial charge in [-0.15, -0.1) is 0 Å². The van der Waals surface area contributed by atoms with E-state index in [1.165, 1.54) is 6.20 Å². The van der Waals surface area contributed by atoms with Crippen molar-refractivity contribution in [2.24, 2.45) is 5.92 Å². The Bertz CT molecular complexity index is 363. The van der Waals surface area contributed by atoms with E-state index in [0.717, 1.165) is 19.3 Å². The molecule has 1 aliphatic rings. The number of halogens is 1. The molecule has 2 atom stereocenters. The molecule has 2 unspecified atom stereocenters. The summed E-state index contributed by atoms with van der Waals surface area (Å²) in [7, 11) is 0. The maximum Gasteiger partial charge on any atom is 0.123 e. The van der Waals surface area contributed by atoms with E-state index in [9.17, 15) is 10.2 Å². The molecule has 0 aliphatic heterocycles. The van der Waals surface area contributed by atoms with E-state index in [1.807, 2.05) is 6.92 Å². The molecule has 4 nitrogen and oxygen atoms in total. The summed E-state index contributed by atoms with van der Waals surface area (Å²) in [6.45, 7) is 2.74. The lowest BCUT2D eigenvalue weighted by Gasteiger charge is -2.19. The zero-order valence-electron chi connectivity index (χ0n) is 9.30. The van der Waals surface area contributed by atoms with Crippen molar-refractivity contribution in [1.29, 1.82) is 0 Å². The highest BCUT2D eigenvalue weighted by molar-refractivity contribution is 6.31. The van der Waals surface area contributed by atoms with Gasteiger partial charge in [0.2, 0.25) is 0 Å². The minimum atomic E-state index is -0.922. The van der Waals surface area contributed by atoms with Crippen LogP contribution >= 0.6 is 11.6 Å². The molecule has 0 aromatic carbocycles. The number of hydrogen-bond donors (Lipinski definition) is 2. The van der Waals surface area contributed by atoms with Gasteiger partial charge in [0, 0.05) is 6.54 Å². The van der Waals surface area contributed by atoms with E-state index >= 15 is 0 Å². The standard InChI is InChI=1S/C11H17ClN2O2/c1-2-5-14-9(8(12)6-13-14)11(16)10(15)7-3-4-7/h6-7,10-11,15-16H,2-5H2,1H3. The Morgan fingerprint density at radius 2 is 2.25 bits per heavy atom. The first-order chi connectivity index (χ1) is 7.65. The Hall–Kier alpha value is -0.580. The first-order valence-corrected chi connectivity index (χ1v) is 6.10. The first-order valence-electron chi connectivity index (χ1n) is 5.72. The van der Waals surface area contributed by atoms with Crippen LogP contribution in [-0.2, 0) is 6.54 Å². The zero-order chi connectivity index (χ0) is 11.7. The van der Waals surface area contributed by atoms with Crippen LogP contribution in [-0.4, -0.2) is 26.1 Å². The molecule has 90 valence electrons. The Balaban J connectivity index is 2.19. The SMILES string of the molecule is CCCn1ncc(Cl)c1C(O)C(O)C1CC1. The Morgan fingerprint density at radius 3 is 2.81 bits per heavy atom. The van der Waals surface area contributed by atoms with E-state index in [-0.39, 0.29) is 5.92 Å². The highest BCUT2D eigenvalue weighted by atomic mass is 35.5. The van der Waals surface area contributed by atoms with Crippen molar-refractivity contribution in [2.45, 2.75) is 44.9 Å². The van der Waals surface area contributed by atoms with Gasteiger partial charge in [-0.25, -0.2) is 0 Å². The Morgan fingerprint density at radius 1 is 1.56 bits per heavy atom. The van der Waals surface area contributed by atoms with Gasteiger partial charge >= 0.3 is 0 Å². The monoisotopic (exact) mass is 244 g/mol. The second-order valence-corrected chi connectivity index (χ2v) is 4.78. The van der Waals surface area contributed by atoms with Crippen molar-refractivity contribution in [2.75, 3.05) is 0 Å². The number of hydrogen-bond acceptors (Lipinski definition) is 3. The lowest BCUT2D eigenvalue weighted by molar-refractivity contribution is -0.000161. The van der Waals surface area contributed by atoms with Crippen LogP contribution in [0.5, 0.6) is 0 Å². The van der Waals surface area contributed by atoms with Crippen molar-refractivity contribution >= 4 is 11.6 Å². The number of aryl methyl sites for hydroxylation is 1. The molecule has 0 bridgehead atoms. The third kappa shape index (κ3) is 2.24. The first kappa shape index (κ1) is 11.9. The third-order valence-corrected chi connectivity index (χ3v) is 3.27. The average Bonchev–Trinajstić information content (AvgIpc) is 3.04. The summed E-state index contributed by atoms with van der Waals surface area (Å²) >= 11 is 5.99. The van der Waals surface area contributed by atoms with Crippen LogP contribution in [0.15, 0.2) is 6.20 Å². The quantitative estimate of drug-likeness (QED) is 0.830. The normalized spacial score (nSPS) is 19.8. The Labute approximate surface area is 99.8 Å². The molecule has 0 spiro atoms. The number of rotatable bonds is 5. The fourth-order valence-electron chi connectivity index (χ4n) is 1.91. The molecule has 2 rings (SSSR count). The minimum absolute atomic E-state index is 0.219. The van der Waals surface area contributed by atoms with Crippen LogP contribution in [0.4, 0.5) is 0 Å². The second kappa shape index (κ2) is 4.73. The third-order valence-electron chi connectivity index (χ3n) is 2.98. The van der Waals surface area contributed by atoms with Gasteiger partial charge in [0.25, 0.3) is 0 Å². The summed E-state index contributed by atoms with van der Waals surface area (Å²) in [4.78, 5) is 0. The van der Waals surface area contributed by atoms with Crippen molar-refractivity contribution in [3.63, 3.8) is 0 Å². The van der Waals surface area contributed by atoms with Gasteiger partial charge in [0.05, 0.1) is 23.0 Å². The number of aliphatic hydroxyl groups is 2. The molecule has 5 heteroatoms. The predicted octanol–water partition coefficient (Wildman–Crippen LogP) is 1.75. The van der Waals surface area contributed by atoms with E-state index < -0.39 is 12.2 Å². The highest BCUT2D eigenvalue weighted by Crippen LogP contribution is 2.39. The molecule has 1 saturated carbocycles. The summed E-state index contributed by atoms with van der Waals surface area (Å²) in [6.07, 6.45) is 2.76. The van der Waals surface area contributed by atoms with Crippen LogP contribution in [0.3, 0.4) is 0 Å². The summed E-state index contributed by atoms with van der Waals surface area (Å²) in [6, 6.07) is 0. The highest BCUT2D eigenvalue weighted by Gasteiger charge is 2.37. The Kier molecular flexibility index (Phi) is 3.52. The molecule has 1 fully saturated rings. The van der Waals surface area contributed by atoms with Crippen molar-refractivity contribution in [1.82, 2.24) is 9.78 Å². The molecule has 16 heavy (non-hydrogen) atoms. The topological polar surface area (TPSA) is 58.3 Å². The second-order valence-electron chi connectivity index (χ2n) is 4.37. The molecule has 0 amide bonds. The molecule has 1 aliphatic carbocycles. The minimum Gasteiger partial charge on any atom is -0.390 e. The average molecular weight is 245 g/mol. The van der Waals surface area contributed by atoms with Crippen LogP contribution in [0.2, 0.25) is 5.02 Å². The van der Waals surface area contributed by atoms with Crippen LogP contribution in [0.25, 0.3) is 0 Å². The lowest BCUT2D eigenvalue weighted by Crippen LogP contribution is -2.23. The molecular formula is C11H17ClN2O2. The van der Waals surface area contributed by atoms with Gasteiger partial charge in [-0.3, -0.25) is 4.68 Å².